The molecule has 0 radical (unpaired) electrons. The summed E-state index contributed by atoms with van der Waals surface area (Å²) in [6, 6.07) is 7.82. The number of unbranched alkanes of at least 4 members (excludes halogenated alkanes) is 2. The van der Waals surface area contributed by atoms with Crippen molar-refractivity contribution in [1.82, 2.24) is 19.9 Å². The molecule has 3 aromatic rings. The lowest BCUT2D eigenvalue weighted by atomic mass is 10.1. The van der Waals surface area contributed by atoms with Gasteiger partial charge in [-0.25, -0.2) is 9.97 Å². The summed E-state index contributed by atoms with van der Waals surface area (Å²) in [5.74, 6) is 0.686. The van der Waals surface area contributed by atoms with Crippen LogP contribution in [0.3, 0.4) is 0 Å². The third-order valence-electron chi connectivity index (χ3n) is 5.67. The quantitative estimate of drug-likeness (QED) is 0.286. The van der Waals surface area contributed by atoms with Gasteiger partial charge in [0.2, 0.25) is 6.41 Å². The number of nitrogens with zero attached hydrogens (tertiary/aromatic N) is 5. The van der Waals surface area contributed by atoms with Crippen molar-refractivity contribution in [3.63, 3.8) is 0 Å². The Hall–Kier alpha value is -3.59. The molecule has 2 heterocycles. The summed E-state index contributed by atoms with van der Waals surface area (Å²) >= 11 is 0. The van der Waals surface area contributed by atoms with E-state index in [0.717, 1.165) is 23.6 Å². The second kappa shape index (κ2) is 12.9. The molecular weight excluding hydrogens is 458 g/mol. The van der Waals surface area contributed by atoms with Crippen molar-refractivity contribution >= 4 is 28.9 Å². The van der Waals surface area contributed by atoms with Crippen molar-refractivity contribution in [2.24, 2.45) is 5.92 Å². The standard InChI is InChI=1S/C27H35N5O4/c1-19(2)16-32(18-34)26-25(27(35)31(3)4)29-22(12-6-5-9-13-33)23(30-26)17-36-24-15-28-14-20-10-7-8-11-21(20)24/h7-8,10-11,14-15,18-19,33H,5-6,9,12-13,16-17H2,1-4H3. The van der Waals surface area contributed by atoms with E-state index in [1.54, 1.807) is 26.5 Å². The van der Waals surface area contributed by atoms with Crippen LogP contribution < -0.4 is 9.64 Å². The molecule has 1 N–H and O–H groups in total. The van der Waals surface area contributed by atoms with Crippen LogP contribution in [0.5, 0.6) is 5.75 Å². The number of amides is 2. The minimum Gasteiger partial charge on any atom is -0.485 e. The number of ether oxygens (including phenoxy) is 1. The van der Waals surface area contributed by atoms with Gasteiger partial charge < -0.3 is 14.7 Å². The van der Waals surface area contributed by atoms with Gasteiger partial charge in [0.1, 0.15) is 18.1 Å². The number of aromatic nitrogens is 3. The number of anilines is 1. The Morgan fingerprint density at radius 1 is 1.08 bits per heavy atom. The number of fused-ring (bicyclic) bond motifs is 1. The molecule has 0 atom stereocenters. The van der Waals surface area contributed by atoms with Crippen molar-refractivity contribution in [1.29, 1.82) is 0 Å². The fraction of sp³-hybridized carbons (Fsp3) is 0.444. The minimum absolute atomic E-state index is 0.107. The number of pyridine rings is 1. The van der Waals surface area contributed by atoms with Crippen molar-refractivity contribution in [2.75, 3.05) is 32.1 Å². The van der Waals surface area contributed by atoms with Gasteiger partial charge in [0.05, 0.1) is 11.9 Å². The Balaban J connectivity index is 2.04. The van der Waals surface area contributed by atoms with Gasteiger partial charge in [-0.1, -0.05) is 44.5 Å². The predicted octanol–water partition coefficient (Wildman–Crippen LogP) is 3.63. The van der Waals surface area contributed by atoms with Crippen LogP contribution in [-0.2, 0) is 17.8 Å². The van der Waals surface area contributed by atoms with Gasteiger partial charge in [0, 0.05) is 44.2 Å². The summed E-state index contributed by atoms with van der Waals surface area (Å²) in [6.45, 7) is 4.61. The summed E-state index contributed by atoms with van der Waals surface area (Å²) in [6.07, 6.45) is 6.99. The molecule has 0 saturated heterocycles. The van der Waals surface area contributed by atoms with E-state index in [0.29, 0.717) is 42.9 Å². The summed E-state index contributed by atoms with van der Waals surface area (Å²) < 4.78 is 6.16. The van der Waals surface area contributed by atoms with Crippen LogP contribution in [0.1, 0.15) is 55.0 Å². The molecule has 0 aliphatic carbocycles. The fourth-order valence-corrected chi connectivity index (χ4v) is 3.87. The van der Waals surface area contributed by atoms with Gasteiger partial charge in [-0.05, 0) is 25.2 Å². The zero-order valence-corrected chi connectivity index (χ0v) is 21.5. The number of benzene rings is 1. The molecule has 0 bridgehead atoms. The molecule has 9 nitrogen and oxygen atoms in total. The molecule has 192 valence electrons. The molecule has 0 fully saturated rings. The van der Waals surface area contributed by atoms with Crippen LogP contribution in [0.4, 0.5) is 5.82 Å². The molecular formula is C27H35N5O4. The Morgan fingerprint density at radius 2 is 1.86 bits per heavy atom. The van der Waals surface area contributed by atoms with E-state index in [2.05, 4.69) is 4.98 Å². The van der Waals surface area contributed by atoms with E-state index >= 15 is 0 Å². The van der Waals surface area contributed by atoms with E-state index in [9.17, 15) is 9.59 Å². The highest BCUT2D eigenvalue weighted by Crippen LogP contribution is 2.26. The van der Waals surface area contributed by atoms with Crippen LogP contribution in [0.25, 0.3) is 10.8 Å². The van der Waals surface area contributed by atoms with Crippen LogP contribution in [-0.4, -0.2) is 64.5 Å². The Labute approximate surface area is 212 Å². The molecule has 2 amide bonds. The Kier molecular flexibility index (Phi) is 9.69. The van der Waals surface area contributed by atoms with E-state index in [4.69, 9.17) is 19.8 Å². The number of hydrogen-bond acceptors (Lipinski definition) is 7. The van der Waals surface area contributed by atoms with E-state index in [1.165, 1.54) is 9.80 Å². The molecule has 2 aromatic heterocycles. The summed E-state index contributed by atoms with van der Waals surface area (Å²) in [4.78, 5) is 41.7. The van der Waals surface area contributed by atoms with E-state index in [-0.39, 0.29) is 36.6 Å². The number of aliphatic hydroxyl groups is 1. The molecule has 0 spiro atoms. The number of hydrogen-bond donors (Lipinski definition) is 1. The second-order valence-electron chi connectivity index (χ2n) is 9.32. The van der Waals surface area contributed by atoms with Crippen molar-refractivity contribution < 1.29 is 19.4 Å². The zero-order chi connectivity index (χ0) is 26.1. The number of rotatable bonds is 13. The SMILES string of the molecule is CC(C)CN(C=O)c1nc(COc2cncc3ccccc23)c(CCCCCO)nc1C(=O)N(C)C. The Bertz CT molecular complexity index is 1180. The van der Waals surface area contributed by atoms with Crippen molar-refractivity contribution in [2.45, 2.75) is 46.1 Å². The average molecular weight is 494 g/mol. The van der Waals surface area contributed by atoms with Crippen molar-refractivity contribution in [3.05, 3.63) is 53.7 Å². The lowest BCUT2D eigenvalue weighted by Gasteiger charge is -2.23. The molecule has 0 saturated carbocycles. The summed E-state index contributed by atoms with van der Waals surface area (Å²) in [5.41, 5.74) is 1.35. The van der Waals surface area contributed by atoms with E-state index < -0.39 is 0 Å². The molecule has 36 heavy (non-hydrogen) atoms. The van der Waals surface area contributed by atoms with Gasteiger partial charge >= 0.3 is 0 Å². The highest BCUT2D eigenvalue weighted by Gasteiger charge is 2.25. The number of aryl methyl sites for hydroxylation is 1. The third-order valence-corrected chi connectivity index (χ3v) is 5.67. The second-order valence-corrected chi connectivity index (χ2v) is 9.32. The molecule has 0 unspecified atom stereocenters. The number of carbonyl (C=O) groups is 2. The fourth-order valence-electron chi connectivity index (χ4n) is 3.87. The molecule has 0 aliphatic rings. The first-order valence-electron chi connectivity index (χ1n) is 12.3. The van der Waals surface area contributed by atoms with Crippen LogP contribution in [0.15, 0.2) is 36.7 Å². The first kappa shape index (κ1) is 27.0. The molecule has 1 aromatic carbocycles. The first-order chi connectivity index (χ1) is 17.3. The minimum atomic E-state index is -0.324. The van der Waals surface area contributed by atoms with Gasteiger partial charge in [0.15, 0.2) is 11.5 Å². The summed E-state index contributed by atoms with van der Waals surface area (Å²) in [5, 5.41) is 11.0. The molecule has 3 rings (SSSR count). The maximum atomic E-state index is 13.0. The van der Waals surface area contributed by atoms with Gasteiger partial charge in [-0.3, -0.25) is 19.5 Å². The number of carbonyl (C=O) groups excluding carboxylic acids is 2. The lowest BCUT2D eigenvalue weighted by molar-refractivity contribution is -0.107. The van der Waals surface area contributed by atoms with Gasteiger partial charge in [0.25, 0.3) is 5.91 Å². The van der Waals surface area contributed by atoms with Gasteiger partial charge in [-0.2, -0.15) is 0 Å². The van der Waals surface area contributed by atoms with Gasteiger partial charge in [-0.15, -0.1) is 0 Å². The van der Waals surface area contributed by atoms with Crippen LogP contribution >= 0.6 is 0 Å². The molecule has 9 heteroatoms. The maximum absolute atomic E-state index is 13.0. The molecule has 0 aliphatic heterocycles. The third kappa shape index (κ3) is 6.75. The van der Waals surface area contributed by atoms with Crippen LogP contribution in [0.2, 0.25) is 0 Å². The average Bonchev–Trinajstić information content (AvgIpc) is 2.88. The highest BCUT2D eigenvalue weighted by molar-refractivity contribution is 5.98. The largest absolute Gasteiger partial charge is 0.485 e. The predicted molar refractivity (Wildman–Crippen MR) is 139 cm³/mol. The number of aliphatic hydroxyl groups excluding tert-OH is 1. The van der Waals surface area contributed by atoms with E-state index in [1.807, 2.05) is 38.1 Å². The maximum Gasteiger partial charge on any atom is 0.275 e. The first-order valence-corrected chi connectivity index (χ1v) is 12.3. The van der Waals surface area contributed by atoms with Crippen molar-refractivity contribution in [3.8, 4) is 5.75 Å². The topological polar surface area (TPSA) is 109 Å². The normalized spacial score (nSPS) is 11.1. The smallest absolute Gasteiger partial charge is 0.275 e. The lowest BCUT2D eigenvalue weighted by Crippen LogP contribution is -2.33. The monoisotopic (exact) mass is 493 g/mol. The Morgan fingerprint density at radius 3 is 2.56 bits per heavy atom. The summed E-state index contributed by atoms with van der Waals surface area (Å²) in [7, 11) is 3.29. The zero-order valence-electron chi connectivity index (χ0n) is 21.5. The highest BCUT2D eigenvalue weighted by atomic mass is 16.5. The van der Waals surface area contributed by atoms with Crippen LogP contribution in [0, 0.1) is 5.92 Å².